The number of anilines is 3. The number of carbonyl (C=O) groups excluding carboxylic acids is 1. The van der Waals surface area contributed by atoms with Crippen LogP contribution in [0.3, 0.4) is 0 Å². The summed E-state index contributed by atoms with van der Waals surface area (Å²) in [4.78, 5) is 30.2. The van der Waals surface area contributed by atoms with Crippen LogP contribution in [-0.2, 0) is 4.74 Å². The average Bonchev–Trinajstić information content (AvgIpc) is 3.37. The quantitative estimate of drug-likeness (QED) is 0.513. The van der Waals surface area contributed by atoms with Gasteiger partial charge in [0.25, 0.3) is 11.5 Å². The van der Waals surface area contributed by atoms with Crippen molar-refractivity contribution >= 4 is 28.9 Å². The number of fused-ring (bicyclic) bond motifs is 1. The Hall–Kier alpha value is -3.47. The molecule has 0 aromatic carbocycles. The van der Waals surface area contributed by atoms with Gasteiger partial charge >= 0.3 is 0 Å². The van der Waals surface area contributed by atoms with Gasteiger partial charge in [-0.15, -0.1) is 0 Å². The number of halogens is 1. The first-order valence-corrected chi connectivity index (χ1v) is 10.5. The highest BCUT2D eigenvalue weighted by molar-refractivity contribution is 6.00. The summed E-state index contributed by atoms with van der Waals surface area (Å²) in [6.07, 6.45) is 3.77. The van der Waals surface area contributed by atoms with E-state index in [2.05, 4.69) is 26.0 Å². The zero-order valence-electron chi connectivity index (χ0n) is 17.7. The zero-order chi connectivity index (χ0) is 22.4. The molecule has 168 valence electrons. The van der Waals surface area contributed by atoms with Crippen molar-refractivity contribution in [3.8, 4) is 0 Å². The second-order valence-electron chi connectivity index (χ2n) is 8.14. The van der Waals surface area contributed by atoms with Gasteiger partial charge in [-0.25, -0.2) is 9.37 Å². The predicted octanol–water partition coefficient (Wildman–Crippen LogP) is 1.87. The van der Waals surface area contributed by atoms with E-state index in [0.29, 0.717) is 41.4 Å². The maximum Gasteiger partial charge on any atom is 0.274 e. The van der Waals surface area contributed by atoms with Crippen molar-refractivity contribution in [2.24, 2.45) is 0 Å². The van der Waals surface area contributed by atoms with Crippen molar-refractivity contribution < 1.29 is 13.9 Å². The third kappa shape index (κ3) is 3.58. The minimum Gasteiger partial charge on any atom is -0.379 e. The Balaban J connectivity index is 1.45. The molecule has 2 fully saturated rings. The minimum absolute atomic E-state index is 0.0225. The molecule has 3 N–H and O–H groups in total. The average molecular weight is 441 g/mol. The molecule has 0 spiro atoms. The van der Waals surface area contributed by atoms with Crippen LogP contribution in [0.25, 0.3) is 5.65 Å². The molecule has 0 radical (unpaired) electrons. The van der Waals surface area contributed by atoms with Gasteiger partial charge in [0.05, 0.1) is 18.3 Å². The monoisotopic (exact) mass is 441 g/mol. The standard InChI is InChI=1S/C21H24FN7O3/c1-23-18-9-17(25-14-4-3-5-28(21(14)31)12-6-11(22)7-12)27-19-13(10-24-29(18)19)20(30)26-15-8-16(15)32-2/h3-5,9-12,15-16,23H,6-8H2,1-2H3,(H,25,27)(H,26,30)/t11?,12?,15-,16-/m0/s1. The Morgan fingerprint density at radius 1 is 1.31 bits per heavy atom. The van der Waals surface area contributed by atoms with Crippen LogP contribution in [-0.4, -0.2) is 57.5 Å². The Bertz CT molecular complexity index is 1230. The van der Waals surface area contributed by atoms with Gasteiger partial charge in [0, 0.05) is 32.5 Å². The predicted molar refractivity (Wildman–Crippen MR) is 116 cm³/mol. The third-order valence-electron chi connectivity index (χ3n) is 6.01. The van der Waals surface area contributed by atoms with E-state index in [1.54, 1.807) is 43.1 Å². The lowest BCUT2D eigenvalue weighted by atomic mass is 9.90. The molecule has 0 aliphatic heterocycles. The number of aromatic nitrogens is 4. The van der Waals surface area contributed by atoms with Gasteiger partial charge in [-0.2, -0.15) is 9.61 Å². The van der Waals surface area contributed by atoms with Crippen molar-refractivity contribution in [2.45, 2.75) is 43.6 Å². The van der Waals surface area contributed by atoms with Crippen LogP contribution in [0.15, 0.2) is 35.4 Å². The van der Waals surface area contributed by atoms with Crippen molar-refractivity contribution in [3.05, 3.63) is 46.5 Å². The topological polar surface area (TPSA) is 115 Å². The molecule has 3 aromatic rings. The summed E-state index contributed by atoms with van der Waals surface area (Å²) >= 11 is 0. The summed E-state index contributed by atoms with van der Waals surface area (Å²) in [5, 5.41) is 13.3. The molecule has 32 heavy (non-hydrogen) atoms. The fourth-order valence-electron chi connectivity index (χ4n) is 3.97. The van der Waals surface area contributed by atoms with Crippen molar-refractivity contribution in [1.29, 1.82) is 0 Å². The fourth-order valence-corrected chi connectivity index (χ4v) is 3.97. The number of hydrogen-bond donors (Lipinski definition) is 3. The molecule has 5 rings (SSSR count). The molecule has 0 unspecified atom stereocenters. The number of alkyl halides is 1. The van der Waals surface area contributed by atoms with Gasteiger partial charge in [0.2, 0.25) is 0 Å². The smallest absolute Gasteiger partial charge is 0.274 e. The Labute approximate surface area is 182 Å². The molecule has 1 amide bonds. The molecule has 2 saturated carbocycles. The van der Waals surface area contributed by atoms with Crippen LogP contribution in [0.2, 0.25) is 0 Å². The number of ether oxygens (including phenoxy) is 1. The molecule has 3 aromatic heterocycles. The number of methoxy groups -OCH3 is 1. The molecule has 0 saturated heterocycles. The van der Waals surface area contributed by atoms with E-state index < -0.39 is 6.17 Å². The number of pyridine rings is 1. The number of nitrogens with zero attached hydrogens (tertiary/aromatic N) is 4. The first kappa shape index (κ1) is 20.4. The van der Waals surface area contributed by atoms with Crippen LogP contribution < -0.4 is 21.5 Å². The van der Waals surface area contributed by atoms with E-state index in [1.165, 1.54) is 10.7 Å². The van der Waals surface area contributed by atoms with E-state index in [1.807, 2.05) is 0 Å². The van der Waals surface area contributed by atoms with Gasteiger partial charge in [-0.05, 0) is 31.4 Å². The van der Waals surface area contributed by atoms with Crippen molar-refractivity contribution in [2.75, 3.05) is 24.8 Å². The van der Waals surface area contributed by atoms with E-state index in [4.69, 9.17) is 4.74 Å². The lowest BCUT2D eigenvalue weighted by Crippen LogP contribution is -2.35. The second kappa shape index (κ2) is 7.90. The van der Waals surface area contributed by atoms with Crippen LogP contribution in [0.5, 0.6) is 0 Å². The summed E-state index contributed by atoms with van der Waals surface area (Å²) in [6, 6.07) is 4.93. The number of carbonyl (C=O) groups is 1. The minimum atomic E-state index is -0.855. The summed E-state index contributed by atoms with van der Waals surface area (Å²) in [6.45, 7) is 0. The van der Waals surface area contributed by atoms with Gasteiger partial charge in [0.15, 0.2) is 5.65 Å². The molecular formula is C21H24FN7O3. The zero-order valence-corrected chi connectivity index (χ0v) is 17.7. The second-order valence-corrected chi connectivity index (χ2v) is 8.14. The molecule has 11 heteroatoms. The van der Waals surface area contributed by atoms with Gasteiger partial charge in [0.1, 0.15) is 29.1 Å². The highest BCUT2D eigenvalue weighted by Gasteiger charge is 2.39. The normalized spacial score (nSPS) is 24.1. The van der Waals surface area contributed by atoms with E-state index in [9.17, 15) is 14.0 Å². The Morgan fingerprint density at radius 2 is 2.12 bits per heavy atom. The van der Waals surface area contributed by atoms with Crippen LogP contribution >= 0.6 is 0 Å². The molecule has 3 heterocycles. The highest BCUT2D eigenvalue weighted by atomic mass is 19.1. The highest BCUT2D eigenvalue weighted by Crippen LogP contribution is 2.33. The maximum atomic E-state index is 13.3. The van der Waals surface area contributed by atoms with Crippen molar-refractivity contribution in [1.82, 2.24) is 24.5 Å². The lowest BCUT2D eigenvalue weighted by molar-refractivity contribution is 0.0936. The van der Waals surface area contributed by atoms with Gasteiger partial charge in [-0.1, -0.05) is 0 Å². The van der Waals surface area contributed by atoms with Crippen LogP contribution in [0, 0.1) is 0 Å². The maximum absolute atomic E-state index is 13.3. The van der Waals surface area contributed by atoms with Crippen molar-refractivity contribution in [3.63, 3.8) is 0 Å². The van der Waals surface area contributed by atoms with E-state index in [0.717, 1.165) is 6.42 Å². The van der Waals surface area contributed by atoms with Gasteiger partial charge in [-0.3, -0.25) is 9.59 Å². The SMILES string of the molecule is CNc1cc(Nc2cccn(C3CC(F)C3)c2=O)nc2c(C(=O)N[C@H]3C[C@@H]3OC)cnn12. The first-order valence-electron chi connectivity index (χ1n) is 10.5. The summed E-state index contributed by atoms with van der Waals surface area (Å²) in [7, 11) is 3.34. The molecule has 2 aliphatic carbocycles. The molecule has 2 aliphatic rings. The summed E-state index contributed by atoms with van der Waals surface area (Å²) in [5.74, 6) is 0.682. The fraction of sp³-hybridized carbons (Fsp3) is 0.429. The number of hydrogen-bond acceptors (Lipinski definition) is 7. The Kier molecular flexibility index (Phi) is 5.04. The van der Waals surface area contributed by atoms with E-state index >= 15 is 0 Å². The third-order valence-corrected chi connectivity index (χ3v) is 6.01. The number of rotatable bonds is 7. The molecular weight excluding hydrogens is 417 g/mol. The number of nitrogens with one attached hydrogen (secondary N) is 3. The first-order chi connectivity index (χ1) is 15.5. The van der Waals surface area contributed by atoms with Crippen LogP contribution in [0.1, 0.15) is 35.7 Å². The molecule has 0 bridgehead atoms. The summed E-state index contributed by atoms with van der Waals surface area (Å²) < 4.78 is 21.6. The largest absolute Gasteiger partial charge is 0.379 e. The molecule has 10 nitrogen and oxygen atoms in total. The van der Waals surface area contributed by atoms with Gasteiger partial charge < -0.3 is 25.3 Å². The number of amides is 1. The van der Waals surface area contributed by atoms with Crippen LogP contribution in [0.4, 0.5) is 21.7 Å². The Morgan fingerprint density at radius 3 is 2.81 bits per heavy atom. The summed E-state index contributed by atoms with van der Waals surface area (Å²) in [5.41, 5.74) is 0.742. The lowest BCUT2D eigenvalue weighted by Gasteiger charge is -2.31. The van der Waals surface area contributed by atoms with E-state index in [-0.39, 0.29) is 29.7 Å². The molecule has 2 atom stereocenters.